The summed E-state index contributed by atoms with van der Waals surface area (Å²) in [5, 5.41) is 0.847. The number of ketones is 1. The highest BCUT2D eigenvalue weighted by molar-refractivity contribution is 7.11. The van der Waals surface area contributed by atoms with Crippen LogP contribution in [0.4, 0.5) is 11.5 Å². The molecule has 1 aliphatic rings. The van der Waals surface area contributed by atoms with Gasteiger partial charge in [0.25, 0.3) is 0 Å². The number of benzene rings is 2. The molecular formula is C33H34N8O3S. The number of hydrogen-bond donors (Lipinski definition) is 1. The lowest BCUT2D eigenvalue weighted by molar-refractivity contribution is -0.113. The van der Waals surface area contributed by atoms with Crippen molar-refractivity contribution in [3.05, 3.63) is 98.6 Å². The minimum atomic E-state index is -0.415. The molecule has 3 aromatic heterocycles. The number of likely N-dealkylation sites (N-methyl/N-ethyl adjacent to an activating group) is 2. The molecule has 1 aliphatic carbocycles. The number of amides is 1. The van der Waals surface area contributed by atoms with Crippen molar-refractivity contribution in [3.63, 3.8) is 0 Å². The van der Waals surface area contributed by atoms with E-state index in [9.17, 15) is 14.4 Å². The Bertz CT molecular complexity index is 1960. The standard InChI is InChI=1S/C33H34N8O3S/c1-38(2)17-7-12-29(43)39(3)23-8-6-9-24(18-23)41-32-30(31(34)35-20-36-32)40(33(41)44)22-15-13-21(14-16-22)26(42)19-28-37-25-10-4-5-11-27(25)45-28/h6-9,12-16,18,20H,4-5,10-11,17,19H2,1-3H3,(H2,34,35,36)/b12-7+. The third-order valence-electron chi connectivity index (χ3n) is 7.84. The molecule has 0 saturated carbocycles. The molecule has 0 saturated heterocycles. The summed E-state index contributed by atoms with van der Waals surface area (Å²) < 4.78 is 2.89. The van der Waals surface area contributed by atoms with Crippen LogP contribution in [0.5, 0.6) is 0 Å². The highest BCUT2D eigenvalue weighted by Crippen LogP contribution is 2.28. The van der Waals surface area contributed by atoms with E-state index in [0.717, 1.165) is 30.0 Å². The number of anilines is 2. The highest BCUT2D eigenvalue weighted by atomic mass is 32.1. The zero-order chi connectivity index (χ0) is 31.7. The molecule has 230 valence electrons. The van der Waals surface area contributed by atoms with Gasteiger partial charge in [-0.25, -0.2) is 24.3 Å². The fourth-order valence-corrected chi connectivity index (χ4v) is 6.64. The predicted octanol–water partition coefficient (Wildman–Crippen LogP) is 3.99. The van der Waals surface area contributed by atoms with Crippen LogP contribution in [-0.4, -0.2) is 68.4 Å². The minimum Gasteiger partial charge on any atom is -0.382 e. The van der Waals surface area contributed by atoms with Gasteiger partial charge in [0, 0.05) is 35.8 Å². The summed E-state index contributed by atoms with van der Waals surface area (Å²) in [5.41, 5.74) is 9.84. The van der Waals surface area contributed by atoms with Gasteiger partial charge in [-0.3, -0.25) is 14.2 Å². The van der Waals surface area contributed by atoms with Crippen LogP contribution in [0.2, 0.25) is 0 Å². The van der Waals surface area contributed by atoms with Gasteiger partial charge in [0.2, 0.25) is 5.91 Å². The molecule has 0 atom stereocenters. The van der Waals surface area contributed by atoms with E-state index in [-0.39, 0.29) is 23.9 Å². The molecule has 0 unspecified atom stereocenters. The van der Waals surface area contributed by atoms with Gasteiger partial charge in [0.15, 0.2) is 17.2 Å². The Morgan fingerprint density at radius 1 is 1.00 bits per heavy atom. The molecule has 0 fully saturated rings. The zero-order valence-electron chi connectivity index (χ0n) is 25.4. The third kappa shape index (κ3) is 6.06. The molecule has 0 aliphatic heterocycles. The van der Waals surface area contributed by atoms with Gasteiger partial charge < -0.3 is 15.5 Å². The second-order valence-electron chi connectivity index (χ2n) is 11.3. The van der Waals surface area contributed by atoms with Crippen molar-refractivity contribution in [2.75, 3.05) is 38.3 Å². The second kappa shape index (κ2) is 12.6. The number of fused-ring (bicyclic) bond motifs is 2. The highest BCUT2D eigenvalue weighted by Gasteiger charge is 2.22. The van der Waals surface area contributed by atoms with E-state index in [1.807, 2.05) is 19.0 Å². The van der Waals surface area contributed by atoms with Crippen molar-refractivity contribution in [2.45, 2.75) is 32.1 Å². The van der Waals surface area contributed by atoms with Crippen LogP contribution in [0.15, 0.2) is 71.8 Å². The molecule has 0 radical (unpaired) electrons. The first-order valence-corrected chi connectivity index (χ1v) is 15.6. The molecule has 5 aromatic rings. The fraction of sp³-hybridized carbons (Fsp3) is 0.273. The van der Waals surface area contributed by atoms with Gasteiger partial charge in [-0.2, -0.15) is 0 Å². The van der Waals surface area contributed by atoms with Crippen LogP contribution in [-0.2, 0) is 24.1 Å². The molecule has 11 nitrogen and oxygen atoms in total. The molecular weight excluding hydrogens is 588 g/mol. The maximum absolute atomic E-state index is 14.1. The van der Waals surface area contributed by atoms with E-state index < -0.39 is 5.69 Å². The Morgan fingerprint density at radius 2 is 1.78 bits per heavy atom. The number of nitrogen functional groups attached to an aromatic ring is 1. The SMILES string of the molecule is CN(C)C/C=C/C(=O)N(C)c1cccc(-n2c(=O)n(-c3ccc(C(=O)Cc4nc5c(s4)CCCC5)cc3)c3c(N)ncnc32)c1. The van der Waals surface area contributed by atoms with Gasteiger partial charge in [0.1, 0.15) is 16.9 Å². The van der Waals surface area contributed by atoms with Gasteiger partial charge >= 0.3 is 5.69 Å². The lowest BCUT2D eigenvalue weighted by atomic mass is 10.0. The van der Waals surface area contributed by atoms with Crippen molar-refractivity contribution in [1.29, 1.82) is 0 Å². The first-order chi connectivity index (χ1) is 21.7. The second-order valence-corrected chi connectivity index (χ2v) is 12.5. The maximum atomic E-state index is 14.1. The number of nitrogens with zero attached hydrogens (tertiary/aromatic N) is 7. The average Bonchev–Trinajstić information content (AvgIpc) is 3.58. The normalized spacial score (nSPS) is 13.1. The molecule has 12 heteroatoms. The smallest absolute Gasteiger partial charge is 0.339 e. The van der Waals surface area contributed by atoms with Crippen LogP contribution in [0.3, 0.4) is 0 Å². The van der Waals surface area contributed by atoms with Gasteiger partial charge in [0.05, 0.1) is 23.5 Å². The van der Waals surface area contributed by atoms with Gasteiger partial charge in [-0.15, -0.1) is 11.3 Å². The number of Topliss-reactive ketones (excluding diaryl/α,β-unsaturated/α-hetero) is 1. The van der Waals surface area contributed by atoms with Crippen molar-refractivity contribution in [3.8, 4) is 11.4 Å². The quantitative estimate of drug-likeness (QED) is 0.193. The van der Waals surface area contributed by atoms with Crippen LogP contribution < -0.4 is 16.3 Å². The van der Waals surface area contributed by atoms with Crippen molar-refractivity contribution < 1.29 is 9.59 Å². The van der Waals surface area contributed by atoms with E-state index in [0.29, 0.717) is 40.3 Å². The van der Waals surface area contributed by atoms with Gasteiger partial charge in [-0.1, -0.05) is 12.1 Å². The number of nitrogens with two attached hydrogens (primary N) is 1. The van der Waals surface area contributed by atoms with Crippen LogP contribution in [0.1, 0.15) is 38.8 Å². The average molecular weight is 623 g/mol. The number of rotatable bonds is 9. The number of aryl methyl sites for hydroxylation is 2. The summed E-state index contributed by atoms with van der Waals surface area (Å²) in [6, 6.07) is 14.0. The number of aromatic nitrogens is 5. The molecule has 45 heavy (non-hydrogen) atoms. The third-order valence-corrected chi connectivity index (χ3v) is 8.99. The Kier molecular flexibility index (Phi) is 8.42. The number of thiazole rings is 1. The maximum Gasteiger partial charge on any atom is 0.339 e. The topological polar surface area (TPSA) is 132 Å². The molecule has 2 N–H and O–H groups in total. The summed E-state index contributed by atoms with van der Waals surface area (Å²) >= 11 is 1.64. The molecule has 2 aromatic carbocycles. The van der Waals surface area contributed by atoms with Crippen molar-refractivity contribution in [2.24, 2.45) is 0 Å². The van der Waals surface area contributed by atoms with E-state index in [4.69, 9.17) is 10.7 Å². The van der Waals surface area contributed by atoms with Crippen LogP contribution >= 0.6 is 11.3 Å². The first-order valence-electron chi connectivity index (χ1n) is 14.8. The van der Waals surface area contributed by atoms with E-state index in [1.54, 1.807) is 73.0 Å². The predicted molar refractivity (Wildman–Crippen MR) is 177 cm³/mol. The number of imidazole rings is 1. The van der Waals surface area contributed by atoms with E-state index in [1.165, 1.54) is 37.7 Å². The zero-order valence-corrected chi connectivity index (χ0v) is 26.3. The molecule has 0 spiro atoms. The molecule has 0 bridgehead atoms. The number of carbonyl (C=O) groups excluding carboxylic acids is 2. The molecule has 1 amide bonds. The summed E-state index contributed by atoms with van der Waals surface area (Å²) in [4.78, 5) is 58.0. The first kappa shape index (κ1) is 30.1. The van der Waals surface area contributed by atoms with Crippen LogP contribution in [0.25, 0.3) is 22.5 Å². The van der Waals surface area contributed by atoms with E-state index >= 15 is 0 Å². The summed E-state index contributed by atoms with van der Waals surface area (Å²) in [6.45, 7) is 0.637. The fourth-order valence-electron chi connectivity index (χ4n) is 5.48. The van der Waals surface area contributed by atoms with Crippen molar-refractivity contribution >= 4 is 45.7 Å². The van der Waals surface area contributed by atoms with Crippen molar-refractivity contribution in [1.82, 2.24) is 29.0 Å². The summed E-state index contributed by atoms with van der Waals surface area (Å²) in [6.07, 6.45) is 9.22. The largest absolute Gasteiger partial charge is 0.382 e. The summed E-state index contributed by atoms with van der Waals surface area (Å²) in [5.74, 6) is -0.0880. The Hall–Kier alpha value is -4.94. The van der Waals surface area contributed by atoms with E-state index in [2.05, 4.69) is 9.97 Å². The monoisotopic (exact) mass is 622 g/mol. The van der Waals surface area contributed by atoms with Crippen LogP contribution in [0, 0.1) is 0 Å². The number of hydrogen-bond acceptors (Lipinski definition) is 9. The summed E-state index contributed by atoms with van der Waals surface area (Å²) in [7, 11) is 5.53. The number of carbonyl (C=O) groups is 2. The lowest BCUT2D eigenvalue weighted by Gasteiger charge is -2.16. The Labute approximate surface area is 264 Å². The lowest BCUT2D eigenvalue weighted by Crippen LogP contribution is -2.25. The Morgan fingerprint density at radius 3 is 2.53 bits per heavy atom. The molecule has 3 heterocycles. The molecule has 6 rings (SSSR count). The Balaban J connectivity index is 1.32. The minimum absolute atomic E-state index is 0.0303. The van der Waals surface area contributed by atoms with Gasteiger partial charge in [-0.05, 0) is 82.2 Å².